The topological polar surface area (TPSA) is 119 Å². The summed E-state index contributed by atoms with van der Waals surface area (Å²) in [6, 6.07) is 1.73. The first-order chi connectivity index (χ1) is 19.5. The molecule has 2 fully saturated rings. The highest BCUT2D eigenvalue weighted by atomic mass is 32.2. The van der Waals surface area contributed by atoms with E-state index in [1.165, 1.54) is 17.6 Å². The number of likely N-dealkylation sites (tertiary alicyclic amines) is 1. The van der Waals surface area contributed by atoms with Gasteiger partial charge in [-0.2, -0.15) is 0 Å². The monoisotopic (exact) mass is 604 g/mol. The third-order valence-corrected chi connectivity index (χ3v) is 9.94. The molecule has 0 unspecified atom stereocenters. The van der Waals surface area contributed by atoms with Crippen LogP contribution in [0.2, 0.25) is 0 Å². The SMILES string of the molecule is COc1ncc(-c2nc(N3CCOCC3)nc3c(CN4CCC(C(C)(C)OC)CC4)c(C)sc23)cc1NS(C)(=O)=O. The summed E-state index contributed by atoms with van der Waals surface area (Å²) in [6.07, 6.45) is 4.96. The molecule has 0 aliphatic carbocycles. The van der Waals surface area contributed by atoms with E-state index in [4.69, 9.17) is 24.2 Å². The molecule has 0 bridgehead atoms. The summed E-state index contributed by atoms with van der Waals surface area (Å²) in [4.78, 5) is 20.4. The van der Waals surface area contributed by atoms with Crippen LogP contribution in [-0.4, -0.2) is 93.7 Å². The Labute approximate surface area is 246 Å². The molecule has 0 amide bonds. The number of fused-ring (bicyclic) bond motifs is 1. The maximum absolute atomic E-state index is 12.1. The number of rotatable bonds is 9. The lowest BCUT2D eigenvalue weighted by Gasteiger charge is -2.39. The molecule has 0 aromatic carbocycles. The quantitative estimate of drug-likeness (QED) is 0.385. The lowest BCUT2D eigenvalue weighted by atomic mass is 9.83. The zero-order valence-electron chi connectivity index (χ0n) is 24.7. The van der Waals surface area contributed by atoms with Crippen molar-refractivity contribution in [1.82, 2.24) is 19.9 Å². The minimum atomic E-state index is -3.55. The number of hydrogen-bond acceptors (Lipinski definition) is 11. The highest BCUT2D eigenvalue weighted by Crippen LogP contribution is 2.40. The van der Waals surface area contributed by atoms with Gasteiger partial charge in [0.1, 0.15) is 5.69 Å². The molecule has 11 nitrogen and oxygen atoms in total. The molecule has 5 rings (SSSR count). The Kier molecular flexibility index (Phi) is 8.72. The number of thiophene rings is 1. The molecule has 0 spiro atoms. The number of methoxy groups -OCH3 is 2. The number of sulfonamides is 1. The third kappa shape index (κ3) is 6.59. The second kappa shape index (κ2) is 12.0. The molecule has 2 saturated heterocycles. The Bertz CT molecular complexity index is 1500. The van der Waals surface area contributed by atoms with Crippen molar-refractivity contribution in [3.63, 3.8) is 0 Å². The maximum atomic E-state index is 12.1. The van der Waals surface area contributed by atoms with Crippen LogP contribution in [0.15, 0.2) is 12.3 Å². The van der Waals surface area contributed by atoms with E-state index >= 15 is 0 Å². The van der Waals surface area contributed by atoms with Crippen molar-refractivity contribution in [3.8, 4) is 17.1 Å². The van der Waals surface area contributed by atoms with Crippen LogP contribution < -0.4 is 14.4 Å². The van der Waals surface area contributed by atoms with Gasteiger partial charge in [-0.15, -0.1) is 11.3 Å². The molecule has 0 saturated carbocycles. The van der Waals surface area contributed by atoms with Crippen molar-refractivity contribution in [2.75, 3.05) is 69.5 Å². The van der Waals surface area contributed by atoms with Crippen molar-refractivity contribution < 1.29 is 22.6 Å². The van der Waals surface area contributed by atoms with Gasteiger partial charge in [-0.05, 0) is 58.7 Å². The molecule has 0 atom stereocenters. The van der Waals surface area contributed by atoms with E-state index in [0.717, 1.165) is 54.6 Å². The number of aryl methyl sites for hydroxylation is 1. The van der Waals surface area contributed by atoms with Crippen molar-refractivity contribution in [3.05, 3.63) is 22.7 Å². The molecule has 5 heterocycles. The zero-order chi connectivity index (χ0) is 29.4. The normalized spacial score (nSPS) is 17.8. The van der Waals surface area contributed by atoms with Gasteiger partial charge in [-0.3, -0.25) is 9.62 Å². The molecule has 0 radical (unpaired) electrons. The van der Waals surface area contributed by atoms with Gasteiger partial charge >= 0.3 is 0 Å². The first-order valence-electron chi connectivity index (χ1n) is 13.9. The van der Waals surface area contributed by atoms with Gasteiger partial charge in [0, 0.05) is 48.9 Å². The van der Waals surface area contributed by atoms with E-state index in [1.54, 1.807) is 30.7 Å². The van der Waals surface area contributed by atoms with Crippen LogP contribution in [0.3, 0.4) is 0 Å². The van der Waals surface area contributed by atoms with E-state index in [1.807, 2.05) is 0 Å². The highest BCUT2D eigenvalue weighted by molar-refractivity contribution is 7.92. The van der Waals surface area contributed by atoms with Gasteiger partial charge in [-0.1, -0.05) is 0 Å². The van der Waals surface area contributed by atoms with E-state index in [9.17, 15) is 8.42 Å². The molecule has 13 heteroatoms. The number of anilines is 2. The van der Waals surface area contributed by atoms with Crippen LogP contribution in [0.25, 0.3) is 21.5 Å². The summed E-state index contributed by atoms with van der Waals surface area (Å²) in [7, 11) is -0.284. The predicted molar refractivity (Wildman–Crippen MR) is 163 cm³/mol. The van der Waals surface area contributed by atoms with E-state index < -0.39 is 10.0 Å². The van der Waals surface area contributed by atoms with Crippen LogP contribution in [-0.2, 0) is 26.0 Å². The van der Waals surface area contributed by atoms with E-state index in [0.29, 0.717) is 43.7 Å². The number of piperidine rings is 1. The minimum absolute atomic E-state index is 0.122. The number of nitrogens with zero attached hydrogens (tertiary/aromatic N) is 5. The van der Waals surface area contributed by atoms with Crippen LogP contribution in [0, 0.1) is 12.8 Å². The Morgan fingerprint density at radius 1 is 1.15 bits per heavy atom. The van der Waals surface area contributed by atoms with Crippen LogP contribution in [0.1, 0.15) is 37.1 Å². The Balaban J connectivity index is 1.55. The van der Waals surface area contributed by atoms with Gasteiger partial charge in [0.15, 0.2) is 0 Å². The van der Waals surface area contributed by atoms with Crippen molar-refractivity contribution in [2.24, 2.45) is 5.92 Å². The van der Waals surface area contributed by atoms with Gasteiger partial charge in [0.2, 0.25) is 21.9 Å². The van der Waals surface area contributed by atoms with E-state index in [2.05, 4.69) is 40.3 Å². The summed E-state index contributed by atoms with van der Waals surface area (Å²) in [5.41, 5.74) is 3.71. The molecule has 3 aromatic heterocycles. The van der Waals surface area contributed by atoms with Crippen LogP contribution in [0.4, 0.5) is 11.6 Å². The minimum Gasteiger partial charge on any atom is -0.480 e. The summed E-state index contributed by atoms with van der Waals surface area (Å²) in [5, 5.41) is 0. The standard InChI is InChI=1S/C28H40N6O5S2/c1-18-21(17-33-9-7-20(8-10-33)28(2,3)38-5)24-25(40-18)23(30-27(31-24)34-11-13-39-14-12-34)19-15-22(32-41(6,35)36)26(37-4)29-16-19/h15-16,20,32H,7-14,17H2,1-6H3. The number of ether oxygens (including phenoxy) is 3. The number of aromatic nitrogens is 3. The average Bonchev–Trinajstić information content (AvgIpc) is 3.27. The van der Waals surface area contributed by atoms with E-state index in [-0.39, 0.29) is 17.2 Å². The summed E-state index contributed by atoms with van der Waals surface area (Å²) in [6.45, 7) is 12.0. The fourth-order valence-corrected chi connectivity index (χ4v) is 7.26. The first kappa shape index (κ1) is 29.9. The van der Waals surface area contributed by atoms with Crippen LogP contribution in [0.5, 0.6) is 5.88 Å². The maximum Gasteiger partial charge on any atom is 0.238 e. The molecule has 41 heavy (non-hydrogen) atoms. The van der Waals surface area contributed by atoms with Gasteiger partial charge < -0.3 is 19.1 Å². The number of nitrogens with one attached hydrogen (secondary N) is 1. The molecule has 3 aromatic rings. The van der Waals surface area contributed by atoms with Gasteiger partial charge in [0.05, 0.1) is 48.1 Å². The van der Waals surface area contributed by atoms with Crippen molar-refractivity contribution >= 4 is 43.2 Å². The fraction of sp³-hybridized carbons (Fsp3) is 0.607. The summed E-state index contributed by atoms with van der Waals surface area (Å²) in [5.74, 6) is 1.37. The molecule has 2 aliphatic rings. The second-order valence-electron chi connectivity index (χ2n) is 11.3. The smallest absolute Gasteiger partial charge is 0.238 e. The van der Waals surface area contributed by atoms with Crippen molar-refractivity contribution in [2.45, 2.75) is 45.8 Å². The second-order valence-corrected chi connectivity index (χ2v) is 14.3. The van der Waals surface area contributed by atoms with Crippen molar-refractivity contribution in [1.29, 1.82) is 0 Å². The Hall–Kier alpha value is -2.58. The third-order valence-electron chi connectivity index (χ3n) is 8.21. The lowest BCUT2D eigenvalue weighted by Crippen LogP contribution is -2.42. The summed E-state index contributed by atoms with van der Waals surface area (Å²) < 4.78 is 44.3. The van der Waals surface area contributed by atoms with Crippen LogP contribution >= 0.6 is 11.3 Å². The number of morpholine rings is 1. The molecule has 2 aliphatic heterocycles. The number of hydrogen-bond donors (Lipinski definition) is 1. The molecular formula is C28H40N6O5S2. The first-order valence-corrected chi connectivity index (χ1v) is 16.6. The Morgan fingerprint density at radius 2 is 1.85 bits per heavy atom. The Morgan fingerprint density at radius 3 is 2.49 bits per heavy atom. The molecule has 1 N–H and O–H groups in total. The fourth-order valence-electron chi connectivity index (χ4n) is 5.60. The molecule has 224 valence electrons. The molecular weight excluding hydrogens is 564 g/mol. The predicted octanol–water partition coefficient (Wildman–Crippen LogP) is 3.92. The zero-order valence-corrected chi connectivity index (χ0v) is 26.3. The van der Waals surface area contributed by atoms with Gasteiger partial charge in [-0.25, -0.2) is 23.4 Å². The summed E-state index contributed by atoms with van der Waals surface area (Å²) >= 11 is 1.67. The highest BCUT2D eigenvalue weighted by Gasteiger charge is 2.33. The average molecular weight is 605 g/mol. The largest absolute Gasteiger partial charge is 0.480 e. The van der Waals surface area contributed by atoms with Gasteiger partial charge in [0.25, 0.3) is 0 Å². The lowest BCUT2D eigenvalue weighted by molar-refractivity contribution is -0.0493. The number of pyridine rings is 1.